The summed E-state index contributed by atoms with van der Waals surface area (Å²) in [6.45, 7) is 6.69. The minimum Gasteiger partial charge on any atom is -0.373 e. The fraction of sp³-hybridized carbons (Fsp3) is 0.667. The lowest BCUT2D eigenvalue weighted by Gasteiger charge is -2.18. The Morgan fingerprint density at radius 1 is 1.25 bits per heavy atom. The molecule has 1 heterocycles. The molecule has 0 fully saturated rings. The molecule has 0 amide bonds. The van der Waals surface area contributed by atoms with Gasteiger partial charge in [0.05, 0.1) is 0 Å². The summed E-state index contributed by atoms with van der Waals surface area (Å²) in [6, 6.07) is 2.36. The first-order valence-electron chi connectivity index (χ1n) is 5.92. The van der Waals surface area contributed by atoms with Crippen LogP contribution >= 0.6 is 0 Å². The molecule has 0 saturated carbocycles. The van der Waals surface area contributed by atoms with Crippen LogP contribution < -0.4 is 10.6 Å². The summed E-state index contributed by atoms with van der Waals surface area (Å²) in [6.07, 6.45) is 3.96. The lowest BCUT2D eigenvalue weighted by atomic mass is 10.0. The normalized spacial score (nSPS) is 14.2. The van der Waals surface area contributed by atoms with Gasteiger partial charge in [-0.25, -0.2) is 9.97 Å². The van der Waals surface area contributed by atoms with Crippen molar-refractivity contribution in [1.29, 1.82) is 0 Å². The zero-order valence-corrected chi connectivity index (χ0v) is 10.6. The summed E-state index contributed by atoms with van der Waals surface area (Å²) in [4.78, 5) is 8.28. The summed E-state index contributed by atoms with van der Waals surface area (Å²) in [7, 11) is 1.86. The van der Waals surface area contributed by atoms with Gasteiger partial charge in [-0.2, -0.15) is 0 Å². The van der Waals surface area contributed by atoms with Crippen LogP contribution in [0.2, 0.25) is 0 Å². The molecular weight excluding hydrogens is 200 g/mol. The van der Waals surface area contributed by atoms with Crippen LogP contribution in [0.5, 0.6) is 0 Å². The van der Waals surface area contributed by atoms with Crippen LogP contribution in [0, 0.1) is 5.92 Å². The second-order valence-electron chi connectivity index (χ2n) is 4.33. The molecule has 4 heteroatoms. The minimum atomic E-state index is 0.439. The average molecular weight is 222 g/mol. The first-order valence-corrected chi connectivity index (χ1v) is 5.92. The van der Waals surface area contributed by atoms with E-state index >= 15 is 0 Å². The lowest BCUT2D eigenvalue weighted by molar-refractivity contribution is 0.483. The highest BCUT2D eigenvalue weighted by atomic mass is 15.1. The predicted molar refractivity (Wildman–Crippen MR) is 68.7 cm³/mol. The number of hydrogen-bond donors (Lipinski definition) is 2. The van der Waals surface area contributed by atoms with E-state index in [0.29, 0.717) is 6.04 Å². The van der Waals surface area contributed by atoms with Crippen molar-refractivity contribution in [3.05, 3.63) is 12.4 Å². The highest BCUT2D eigenvalue weighted by molar-refractivity contribution is 5.46. The monoisotopic (exact) mass is 222 g/mol. The predicted octanol–water partition coefficient (Wildman–Crippen LogP) is 2.75. The number of nitrogens with zero attached hydrogens (tertiary/aromatic N) is 2. The third-order valence-electron chi connectivity index (χ3n) is 2.77. The molecule has 2 unspecified atom stereocenters. The Morgan fingerprint density at radius 2 is 1.94 bits per heavy atom. The van der Waals surface area contributed by atoms with Gasteiger partial charge >= 0.3 is 0 Å². The van der Waals surface area contributed by atoms with Crippen LogP contribution in [0.4, 0.5) is 11.6 Å². The Kier molecular flexibility index (Phi) is 5.02. The smallest absolute Gasteiger partial charge is 0.131 e. The maximum Gasteiger partial charge on any atom is 0.131 e. The molecule has 2 N–H and O–H groups in total. The van der Waals surface area contributed by atoms with Gasteiger partial charge < -0.3 is 10.6 Å². The quantitative estimate of drug-likeness (QED) is 0.777. The summed E-state index contributed by atoms with van der Waals surface area (Å²) in [5.74, 6) is 2.47. The molecule has 0 aliphatic rings. The van der Waals surface area contributed by atoms with E-state index in [9.17, 15) is 0 Å². The number of rotatable bonds is 6. The Labute approximate surface area is 97.9 Å². The van der Waals surface area contributed by atoms with Gasteiger partial charge in [-0.3, -0.25) is 0 Å². The van der Waals surface area contributed by atoms with Gasteiger partial charge in [-0.15, -0.1) is 0 Å². The Balaban J connectivity index is 2.51. The molecule has 0 aromatic carbocycles. The van der Waals surface area contributed by atoms with Crippen molar-refractivity contribution in [3.63, 3.8) is 0 Å². The van der Waals surface area contributed by atoms with Crippen molar-refractivity contribution < 1.29 is 0 Å². The van der Waals surface area contributed by atoms with E-state index in [0.717, 1.165) is 24.0 Å². The molecule has 90 valence electrons. The first kappa shape index (κ1) is 12.7. The number of aromatic nitrogens is 2. The highest BCUT2D eigenvalue weighted by Gasteiger charge is 2.07. The SMILES string of the molecule is CCC(C)CC(C)Nc1cc(NC)ncn1. The lowest BCUT2D eigenvalue weighted by Crippen LogP contribution is -2.19. The van der Waals surface area contributed by atoms with Crippen molar-refractivity contribution in [2.75, 3.05) is 17.7 Å². The molecule has 4 nitrogen and oxygen atoms in total. The summed E-state index contributed by atoms with van der Waals surface area (Å²) in [5.41, 5.74) is 0. The topological polar surface area (TPSA) is 49.8 Å². The van der Waals surface area contributed by atoms with Crippen molar-refractivity contribution in [2.24, 2.45) is 5.92 Å². The largest absolute Gasteiger partial charge is 0.373 e. The molecule has 2 atom stereocenters. The van der Waals surface area contributed by atoms with Crippen molar-refractivity contribution >= 4 is 11.6 Å². The standard InChI is InChI=1S/C12H22N4/c1-5-9(2)6-10(3)16-12-7-11(13-4)14-8-15-12/h7-10H,5-6H2,1-4H3,(H2,13,14,15,16). The average Bonchev–Trinajstić information content (AvgIpc) is 2.28. The Morgan fingerprint density at radius 3 is 2.56 bits per heavy atom. The van der Waals surface area contributed by atoms with Gasteiger partial charge in [0.2, 0.25) is 0 Å². The maximum atomic E-state index is 4.20. The van der Waals surface area contributed by atoms with Crippen LogP contribution in [0.1, 0.15) is 33.6 Å². The second-order valence-corrected chi connectivity index (χ2v) is 4.33. The van der Waals surface area contributed by atoms with Gasteiger partial charge in [0, 0.05) is 19.2 Å². The third kappa shape index (κ3) is 4.04. The molecule has 0 aliphatic heterocycles. The fourth-order valence-corrected chi connectivity index (χ4v) is 1.65. The van der Waals surface area contributed by atoms with Crippen molar-refractivity contribution in [1.82, 2.24) is 9.97 Å². The summed E-state index contributed by atoms with van der Waals surface area (Å²) < 4.78 is 0. The second kappa shape index (κ2) is 6.30. The van der Waals surface area contributed by atoms with Crippen LogP contribution in [-0.2, 0) is 0 Å². The van der Waals surface area contributed by atoms with E-state index in [-0.39, 0.29) is 0 Å². The molecular formula is C12H22N4. The van der Waals surface area contributed by atoms with Gasteiger partial charge in [-0.1, -0.05) is 20.3 Å². The molecule has 16 heavy (non-hydrogen) atoms. The highest BCUT2D eigenvalue weighted by Crippen LogP contribution is 2.14. The molecule has 1 aromatic rings. The van der Waals surface area contributed by atoms with E-state index in [4.69, 9.17) is 0 Å². The van der Waals surface area contributed by atoms with Crippen LogP contribution in [-0.4, -0.2) is 23.1 Å². The van der Waals surface area contributed by atoms with E-state index in [1.54, 1.807) is 6.33 Å². The van der Waals surface area contributed by atoms with Crippen molar-refractivity contribution in [3.8, 4) is 0 Å². The Bertz CT molecular complexity index is 314. The number of anilines is 2. The zero-order valence-electron chi connectivity index (χ0n) is 10.6. The van der Waals surface area contributed by atoms with Crippen LogP contribution in [0.3, 0.4) is 0 Å². The van der Waals surface area contributed by atoms with Gasteiger partial charge in [-0.05, 0) is 19.3 Å². The van der Waals surface area contributed by atoms with Crippen molar-refractivity contribution in [2.45, 2.75) is 39.7 Å². The van der Waals surface area contributed by atoms with E-state index in [1.807, 2.05) is 13.1 Å². The summed E-state index contributed by atoms with van der Waals surface area (Å²) in [5, 5.41) is 6.39. The molecule has 1 aromatic heterocycles. The number of nitrogens with one attached hydrogen (secondary N) is 2. The van der Waals surface area contributed by atoms with E-state index < -0.39 is 0 Å². The van der Waals surface area contributed by atoms with Crippen LogP contribution in [0.15, 0.2) is 12.4 Å². The molecule has 1 rings (SSSR count). The first-order chi connectivity index (χ1) is 7.65. The molecule has 0 bridgehead atoms. The minimum absolute atomic E-state index is 0.439. The molecule has 0 aliphatic carbocycles. The van der Waals surface area contributed by atoms with E-state index in [2.05, 4.69) is 41.4 Å². The molecule has 0 spiro atoms. The number of hydrogen-bond acceptors (Lipinski definition) is 4. The van der Waals surface area contributed by atoms with Gasteiger partial charge in [0.1, 0.15) is 18.0 Å². The Hall–Kier alpha value is -1.32. The fourth-order valence-electron chi connectivity index (χ4n) is 1.65. The molecule has 0 saturated heterocycles. The van der Waals surface area contributed by atoms with E-state index in [1.165, 1.54) is 6.42 Å². The third-order valence-corrected chi connectivity index (χ3v) is 2.77. The maximum absolute atomic E-state index is 4.20. The van der Waals surface area contributed by atoms with Crippen LogP contribution in [0.25, 0.3) is 0 Å². The molecule has 0 radical (unpaired) electrons. The van der Waals surface area contributed by atoms with Gasteiger partial charge in [0.25, 0.3) is 0 Å². The summed E-state index contributed by atoms with van der Waals surface area (Å²) >= 11 is 0. The van der Waals surface area contributed by atoms with Gasteiger partial charge in [0.15, 0.2) is 0 Å². The zero-order chi connectivity index (χ0) is 12.0.